The molecule has 2 nitrogen and oxygen atoms in total. The summed E-state index contributed by atoms with van der Waals surface area (Å²) in [4.78, 5) is 0. The Labute approximate surface area is 56.5 Å². The normalized spacial score (nSPS) is 17.0. The van der Waals surface area contributed by atoms with Crippen molar-refractivity contribution in [2.45, 2.75) is 18.1 Å². The lowest BCUT2D eigenvalue weighted by Crippen LogP contribution is -2.41. The number of hydrogen-bond acceptors (Lipinski definition) is 1. The van der Waals surface area contributed by atoms with E-state index < -0.39 is 22.3 Å². The molecule has 1 unspecified atom stereocenters. The third-order valence-electron chi connectivity index (χ3n) is 0.730. The van der Waals surface area contributed by atoms with Gasteiger partial charge in [0.2, 0.25) is 11.1 Å². The van der Waals surface area contributed by atoms with Crippen LogP contribution in [0.4, 0.5) is 17.6 Å². The van der Waals surface area contributed by atoms with Gasteiger partial charge in [0.15, 0.2) is 0 Å². The van der Waals surface area contributed by atoms with Crippen molar-refractivity contribution in [3.05, 3.63) is 0 Å². The molecular weight excluding hydrogens is 176 g/mol. The maximum atomic E-state index is 11.8. The largest absolute Gasteiger partial charge is 0.406 e. The molecule has 0 aromatic rings. The summed E-state index contributed by atoms with van der Waals surface area (Å²) in [5, 5.41) is -4.87. The van der Waals surface area contributed by atoms with E-state index in [1.54, 1.807) is 0 Å². The molecule has 10 heavy (non-hydrogen) atoms. The van der Waals surface area contributed by atoms with Gasteiger partial charge in [0.05, 0.1) is 0 Å². The summed E-state index contributed by atoms with van der Waals surface area (Å²) in [6.45, 7) is -0.124. The second kappa shape index (κ2) is 2.46. The SMILES string of the molecule is CC(F)(F)C(F)(F)S(=O)O. The topological polar surface area (TPSA) is 37.3 Å². The van der Waals surface area contributed by atoms with Crippen molar-refractivity contribution in [1.82, 2.24) is 0 Å². The number of alkyl halides is 4. The van der Waals surface area contributed by atoms with Crippen molar-refractivity contribution in [3.63, 3.8) is 0 Å². The molecule has 0 spiro atoms. The second-order valence-electron chi connectivity index (χ2n) is 1.65. The Bertz CT molecular complexity index is 151. The number of hydrogen-bond donors (Lipinski definition) is 1. The maximum absolute atomic E-state index is 11.8. The van der Waals surface area contributed by atoms with Crippen molar-refractivity contribution in [2.24, 2.45) is 0 Å². The molecule has 0 bridgehead atoms. The zero-order valence-electron chi connectivity index (χ0n) is 4.78. The van der Waals surface area contributed by atoms with Crippen LogP contribution in [0.15, 0.2) is 0 Å². The Morgan fingerprint density at radius 3 is 1.60 bits per heavy atom. The van der Waals surface area contributed by atoms with Crippen LogP contribution in [0, 0.1) is 0 Å². The first-order valence-electron chi connectivity index (χ1n) is 2.06. The van der Waals surface area contributed by atoms with E-state index in [1.165, 1.54) is 0 Å². The zero-order chi connectivity index (χ0) is 8.58. The quantitative estimate of drug-likeness (QED) is 0.516. The molecule has 0 aliphatic heterocycles. The van der Waals surface area contributed by atoms with E-state index in [0.717, 1.165) is 0 Å². The van der Waals surface area contributed by atoms with E-state index in [0.29, 0.717) is 0 Å². The summed E-state index contributed by atoms with van der Waals surface area (Å²) in [7, 11) is 0. The molecule has 0 aliphatic rings. The highest BCUT2D eigenvalue weighted by atomic mass is 32.2. The van der Waals surface area contributed by atoms with Crippen molar-refractivity contribution < 1.29 is 26.3 Å². The van der Waals surface area contributed by atoms with Gasteiger partial charge in [-0.1, -0.05) is 0 Å². The molecular formula is C3H4F4O2S. The van der Waals surface area contributed by atoms with Gasteiger partial charge in [0.25, 0.3) is 0 Å². The van der Waals surface area contributed by atoms with Crippen LogP contribution in [0.3, 0.4) is 0 Å². The molecule has 0 heterocycles. The number of rotatable bonds is 2. The Morgan fingerprint density at radius 2 is 1.60 bits per heavy atom. The first-order valence-corrected chi connectivity index (χ1v) is 3.17. The zero-order valence-corrected chi connectivity index (χ0v) is 5.59. The van der Waals surface area contributed by atoms with Gasteiger partial charge in [-0.15, -0.1) is 0 Å². The Balaban J connectivity index is 4.57. The fraction of sp³-hybridized carbons (Fsp3) is 1.00. The lowest BCUT2D eigenvalue weighted by Gasteiger charge is -2.18. The minimum Gasteiger partial charge on any atom is -0.301 e. The maximum Gasteiger partial charge on any atom is 0.406 e. The first-order chi connectivity index (χ1) is 4.19. The average molecular weight is 180 g/mol. The fourth-order valence-corrected chi connectivity index (χ4v) is 0.460. The minimum absolute atomic E-state index is 0.124. The molecule has 0 radical (unpaired) electrons. The molecule has 62 valence electrons. The predicted octanol–water partition coefficient (Wildman–Crippen LogP) is 1.46. The summed E-state index contributed by atoms with van der Waals surface area (Å²) in [6, 6.07) is 0. The van der Waals surface area contributed by atoms with E-state index in [-0.39, 0.29) is 6.92 Å². The van der Waals surface area contributed by atoms with Crippen LogP contribution in [0.1, 0.15) is 6.92 Å². The van der Waals surface area contributed by atoms with Gasteiger partial charge in [-0.2, -0.15) is 17.6 Å². The molecule has 0 saturated heterocycles. The predicted molar refractivity (Wildman–Crippen MR) is 26.3 cm³/mol. The monoisotopic (exact) mass is 180 g/mol. The molecule has 1 N–H and O–H groups in total. The Morgan fingerprint density at radius 1 is 1.30 bits per heavy atom. The molecule has 0 aromatic carbocycles. The van der Waals surface area contributed by atoms with Gasteiger partial charge >= 0.3 is 11.2 Å². The van der Waals surface area contributed by atoms with Crippen LogP contribution in [0.25, 0.3) is 0 Å². The van der Waals surface area contributed by atoms with Crippen molar-refractivity contribution in [3.8, 4) is 0 Å². The van der Waals surface area contributed by atoms with E-state index in [9.17, 15) is 21.8 Å². The molecule has 7 heteroatoms. The van der Waals surface area contributed by atoms with Crippen LogP contribution in [0.5, 0.6) is 0 Å². The van der Waals surface area contributed by atoms with Crippen LogP contribution >= 0.6 is 0 Å². The van der Waals surface area contributed by atoms with Gasteiger partial charge in [-0.05, 0) is 0 Å². The Kier molecular flexibility index (Phi) is 2.42. The van der Waals surface area contributed by atoms with Crippen LogP contribution in [-0.2, 0) is 11.1 Å². The highest BCUT2D eigenvalue weighted by Gasteiger charge is 2.57. The van der Waals surface area contributed by atoms with Crippen molar-refractivity contribution in [1.29, 1.82) is 0 Å². The smallest absolute Gasteiger partial charge is 0.301 e. The molecule has 0 aromatic heterocycles. The fourth-order valence-electron chi connectivity index (χ4n) is 0.153. The van der Waals surface area contributed by atoms with E-state index >= 15 is 0 Å². The van der Waals surface area contributed by atoms with Gasteiger partial charge in [0, 0.05) is 6.92 Å². The lowest BCUT2D eigenvalue weighted by atomic mass is 10.4. The summed E-state index contributed by atoms with van der Waals surface area (Å²) in [6.07, 6.45) is 0. The Hall–Kier alpha value is -0.170. The highest BCUT2D eigenvalue weighted by Crippen LogP contribution is 2.35. The first kappa shape index (κ1) is 9.83. The average Bonchev–Trinajstić information content (AvgIpc) is 1.62. The summed E-state index contributed by atoms with van der Waals surface area (Å²) in [5.74, 6) is -4.47. The highest BCUT2D eigenvalue weighted by molar-refractivity contribution is 7.80. The van der Waals surface area contributed by atoms with Crippen LogP contribution in [0.2, 0.25) is 0 Å². The third kappa shape index (κ3) is 1.66. The van der Waals surface area contributed by atoms with Gasteiger partial charge < -0.3 is 4.55 Å². The molecule has 0 rings (SSSR count). The lowest BCUT2D eigenvalue weighted by molar-refractivity contribution is -0.143. The van der Waals surface area contributed by atoms with Gasteiger partial charge in [-0.25, -0.2) is 4.21 Å². The van der Waals surface area contributed by atoms with Crippen LogP contribution < -0.4 is 0 Å². The number of halogens is 4. The minimum atomic E-state index is -4.87. The second-order valence-corrected chi connectivity index (χ2v) is 2.67. The summed E-state index contributed by atoms with van der Waals surface area (Å²) < 4.78 is 64.0. The molecule has 1 atom stereocenters. The molecule has 0 fully saturated rings. The van der Waals surface area contributed by atoms with Crippen molar-refractivity contribution in [2.75, 3.05) is 0 Å². The summed E-state index contributed by atoms with van der Waals surface area (Å²) in [5.41, 5.74) is 0. The van der Waals surface area contributed by atoms with Crippen molar-refractivity contribution >= 4 is 11.1 Å². The van der Waals surface area contributed by atoms with Gasteiger partial charge in [-0.3, -0.25) is 0 Å². The standard InChI is InChI=1S/C3H4F4O2S/c1-2(4,5)3(6,7)10(8)9/h1H3,(H,8,9). The van der Waals surface area contributed by atoms with Gasteiger partial charge in [0.1, 0.15) is 0 Å². The van der Waals surface area contributed by atoms with Crippen LogP contribution in [-0.4, -0.2) is 19.9 Å². The van der Waals surface area contributed by atoms with E-state index in [4.69, 9.17) is 4.55 Å². The molecule has 0 saturated carbocycles. The van der Waals surface area contributed by atoms with E-state index in [1.807, 2.05) is 0 Å². The molecule has 0 aliphatic carbocycles. The molecule has 0 amide bonds. The third-order valence-corrected chi connectivity index (χ3v) is 1.53. The van der Waals surface area contributed by atoms with E-state index in [2.05, 4.69) is 0 Å². The summed E-state index contributed by atoms with van der Waals surface area (Å²) >= 11 is -3.83.